The number of anilines is 2. The third kappa shape index (κ3) is 2.47. The number of benzene rings is 2. The van der Waals surface area contributed by atoms with E-state index in [1.165, 1.54) is 5.56 Å². The lowest BCUT2D eigenvalue weighted by molar-refractivity contribution is -0.117. The van der Waals surface area contributed by atoms with Gasteiger partial charge in [-0.2, -0.15) is 0 Å². The van der Waals surface area contributed by atoms with Crippen molar-refractivity contribution in [3.63, 3.8) is 0 Å². The highest BCUT2D eigenvalue weighted by Crippen LogP contribution is 2.33. The van der Waals surface area contributed by atoms with Crippen LogP contribution in [0.2, 0.25) is 5.02 Å². The van der Waals surface area contributed by atoms with Crippen LogP contribution in [0.3, 0.4) is 0 Å². The molecular weight excluding hydrogens is 324 g/mol. The van der Waals surface area contributed by atoms with Crippen LogP contribution >= 0.6 is 11.6 Å². The van der Waals surface area contributed by atoms with Gasteiger partial charge in [-0.25, -0.2) is 0 Å². The number of para-hydroxylation sites is 1. The van der Waals surface area contributed by atoms with Gasteiger partial charge in [0, 0.05) is 30.2 Å². The van der Waals surface area contributed by atoms with Gasteiger partial charge in [-0.1, -0.05) is 29.8 Å². The first-order valence-corrected chi connectivity index (χ1v) is 8.52. The summed E-state index contributed by atoms with van der Waals surface area (Å²) in [6, 6.07) is 13.1. The van der Waals surface area contributed by atoms with Crippen LogP contribution in [0.5, 0.6) is 0 Å². The summed E-state index contributed by atoms with van der Waals surface area (Å²) in [6.07, 6.45) is 2.19. The third-order valence-corrected chi connectivity index (χ3v) is 4.92. The summed E-state index contributed by atoms with van der Waals surface area (Å²) in [5.41, 5.74) is 3.29. The number of rotatable bonds is 2. The van der Waals surface area contributed by atoms with Crippen molar-refractivity contribution in [1.29, 1.82) is 0 Å². The molecule has 0 aromatic heterocycles. The molecule has 0 saturated carbocycles. The molecule has 122 valence electrons. The second kappa shape index (κ2) is 5.95. The number of carbonyl (C=O) groups is 2. The highest BCUT2D eigenvalue weighted by atomic mass is 35.5. The highest BCUT2D eigenvalue weighted by molar-refractivity contribution is 6.31. The van der Waals surface area contributed by atoms with Crippen LogP contribution in [-0.4, -0.2) is 24.9 Å². The predicted molar refractivity (Wildman–Crippen MR) is 94.9 cm³/mol. The normalized spacial score (nSPS) is 16.6. The van der Waals surface area contributed by atoms with Gasteiger partial charge in [0.05, 0.1) is 11.3 Å². The average molecular weight is 341 g/mol. The second-order valence-electron chi connectivity index (χ2n) is 6.15. The van der Waals surface area contributed by atoms with Crippen LogP contribution in [0.1, 0.15) is 28.8 Å². The molecule has 4 rings (SSSR count). The lowest BCUT2D eigenvalue weighted by atomic mass is 10.1. The minimum absolute atomic E-state index is 0.0492. The average Bonchev–Trinajstić information content (AvgIpc) is 3.20. The van der Waals surface area contributed by atoms with E-state index in [1.54, 1.807) is 28.0 Å². The zero-order valence-corrected chi connectivity index (χ0v) is 13.9. The minimum Gasteiger partial charge on any atom is -0.312 e. The molecule has 0 bridgehead atoms. The van der Waals surface area contributed by atoms with E-state index in [2.05, 4.69) is 6.07 Å². The zero-order chi connectivity index (χ0) is 16.7. The molecule has 2 aliphatic heterocycles. The molecule has 5 heteroatoms. The second-order valence-corrected chi connectivity index (χ2v) is 6.58. The molecule has 1 fully saturated rings. The third-order valence-electron chi connectivity index (χ3n) is 4.69. The standard InChI is InChI=1S/C19H17ClN2O2/c20-14-7-8-15(17(12-14)21-10-3-6-18(21)23)19(24)22-11-9-13-4-1-2-5-16(13)22/h1-2,4-5,7-8,12H,3,6,9-11H2. The van der Waals surface area contributed by atoms with Crippen molar-refractivity contribution in [3.05, 3.63) is 58.6 Å². The van der Waals surface area contributed by atoms with E-state index in [-0.39, 0.29) is 11.8 Å². The number of carbonyl (C=O) groups excluding carboxylic acids is 2. The van der Waals surface area contributed by atoms with E-state index in [1.807, 2.05) is 18.2 Å². The molecule has 0 radical (unpaired) electrons. The van der Waals surface area contributed by atoms with Gasteiger partial charge in [-0.3, -0.25) is 9.59 Å². The van der Waals surface area contributed by atoms with E-state index >= 15 is 0 Å². The van der Waals surface area contributed by atoms with Crippen LogP contribution in [0.4, 0.5) is 11.4 Å². The summed E-state index contributed by atoms with van der Waals surface area (Å²) in [5, 5.41) is 0.531. The topological polar surface area (TPSA) is 40.6 Å². The van der Waals surface area contributed by atoms with Crippen molar-refractivity contribution in [1.82, 2.24) is 0 Å². The number of nitrogens with zero attached hydrogens (tertiary/aromatic N) is 2. The van der Waals surface area contributed by atoms with E-state index < -0.39 is 0 Å². The minimum atomic E-state index is -0.0775. The molecule has 0 unspecified atom stereocenters. The van der Waals surface area contributed by atoms with Gasteiger partial charge in [-0.05, 0) is 42.7 Å². The monoisotopic (exact) mass is 340 g/mol. The van der Waals surface area contributed by atoms with Gasteiger partial charge in [0.25, 0.3) is 5.91 Å². The van der Waals surface area contributed by atoms with Crippen molar-refractivity contribution in [2.45, 2.75) is 19.3 Å². The quantitative estimate of drug-likeness (QED) is 0.837. The van der Waals surface area contributed by atoms with Crippen LogP contribution in [0.25, 0.3) is 0 Å². The summed E-state index contributed by atoms with van der Waals surface area (Å²) < 4.78 is 0. The van der Waals surface area contributed by atoms with Crippen LogP contribution < -0.4 is 9.80 Å². The smallest absolute Gasteiger partial charge is 0.260 e. The number of amides is 2. The van der Waals surface area contributed by atoms with E-state index in [4.69, 9.17) is 11.6 Å². The first-order valence-electron chi connectivity index (χ1n) is 8.15. The summed E-state index contributed by atoms with van der Waals surface area (Å²) in [7, 11) is 0. The Hall–Kier alpha value is -2.33. The molecule has 0 spiro atoms. The van der Waals surface area contributed by atoms with Gasteiger partial charge < -0.3 is 9.80 Å². The number of hydrogen-bond acceptors (Lipinski definition) is 2. The Labute approximate surface area is 145 Å². The molecular formula is C19H17ClN2O2. The predicted octanol–water partition coefficient (Wildman–Crippen LogP) is 3.67. The van der Waals surface area contributed by atoms with Gasteiger partial charge in [0.1, 0.15) is 0 Å². The van der Waals surface area contributed by atoms with Gasteiger partial charge in [-0.15, -0.1) is 0 Å². The Balaban J connectivity index is 1.74. The Morgan fingerprint density at radius 3 is 2.62 bits per heavy atom. The van der Waals surface area contributed by atoms with Gasteiger partial charge in [0.15, 0.2) is 0 Å². The fourth-order valence-corrected chi connectivity index (χ4v) is 3.67. The lowest BCUT2D eigenvalue weighted by Crippen LogP contribution is -2.32. The Kier molecular flexibility index (Phi) is 3.77. The van der Waals surface area contributed by atoms with Crippen molar-refractivity contribution >= 4 is 34.8 Å². The number of halogens is 1. The Bertz CT molecular complexity index is 834. The van der Waals surface area contributed by atoms with Crippen molar-refractivity contribution < 1.29 is 9.59 Å². The van der Waals surface area contributed by atoms with Crippen molar-refractivity contribution in [3.8, 4) is 0 Å². The summed E-state index contributed by atoms with van der Waals surface area (Å²) in [6.45, 7) is 1.30. The number of fused-ring (bicyclic) bond motifs is 1. The molecule has 2 aliphatic rings. The molecule has 4 nitrogen and oxygen atoms in total. The Morgan fingerprint density at radius 2 is 1.83 bits per heavy atom. The maximum absolute atomic E-state index is 13.2. The van der Waals surface area contributed by atoms with Crippen molar-refractivity contribution in [2.24, 2.45) is 0 Å². The highest BCUT2D eigenvalue weighted by Gasteiger charge is 2.30. The first kappa shape index (κ1) is 15.2. The largest absolute Gasteiger partial charge is 0.312 e. The molecule has 2 aromatic carbocycles. The summed E-state index contributed by atoms with van der Waals surface area (Å²) in [4.78, 5) is 28.8. The summed E-state index contributed by atoms with van der Waals surface area (Å²) >= 11 is 6.13. The van der Waals surface area contributed by atoms with E-state index in [9.17, 15) is 9.59 Å². The SMILES string of the molecule is O=C(c1ccc(Cl)cc1N1CCCC1=O)N1CCc2ccccc21. The number of hydrogen-bond donors (Lipinski definition) is 0. The van der Waals surface area contributed by atoms with Gasteiger partial charge in [0.2, 0.25) is 5.91 Å². The molecule has 1 saturated heterocycles. The molecule has 2 heterocycles. The van der Waals surface area contributed by atoms with Crippen molar-refractivity contribution in [2.75, 3.05) is 22.9 Å². The van der Waals surface area contributed by atoms with Crippen LogP contribution in [-0.2, 0) is 11.2 Å². The lowest BCUT2D eigenvalue weighted by Gasteiger charge is -2.23. The fourth-order valence-electron chi connectivity index (χ4n) is 3.51. The molecule has 0 aliphatic carbocycles. The maximum atomic E-state index is 13.2. The van der Waals surface area contributed by atoms with Crippen LogP contribution in [0, 0.1) is 0 Å². The zero-order valence-electron chi connectivity index (χ0n) is 13.2. The van der Waals surface area contributed by atoms with Gasteiger partial charge >= 0.3 is 0 Å². The summed E-state index contributed by atoms with van der Waals surface area (Å²) in [5.74, 6) is -0.0283. The Morgan fingerprint density at radius 1 is 1.00 bits per heavy atom. The molecule has 0 N–H and O–H groups in total. The molecule has 24 heavy (non-hydrogen) atoms. The fraction of sp³-hybridized carbons (Fsp3) is 0.263. The molecule has 0 atom stereocenters. The van der Waals surface area contributed by atoms with E-state index in [0.29, 0.717) is 35.8 Å². The maximum Gasteiger partial charge on any atom is 0.260 e. The van der Waals surface area contributed by atoms with E-state index in [0.717, 1.165) is 18.5 Å². The molecule has 2 aromatic rings. The molecule has 2 amide bonds. The first-order chi connectivity index (χ1) is 11.6. The van der Waals surface area contributed by atoms with Crippen LogP contribution in [0.15, 0.2) is 42.5 Å².